The van der Waals surface area contributed by atoms with Crippen molar-refractivity contribution in [2.75, 3.05) is 0 Å². The Labute approximate surface area is 146 Å². The summed E-state index contributed by atoms with van der Waals surface area (Å²) in [5.74, 6) is 0.0272. The molecule has 0 fully saturated rings. The molecule has 1 aliphatic heterocycles. The van der Waals surface area contributed by atoms with Crippen LogP contribution in [0.2, 0.25) is 5.02 Å². The van der Waals surface area contributed by atoms with Crippen molar-refractivity contribution in [2.45, 2.75) is 12.8 Å². The van der Waals surface area contributed by atoms with E-state index in [1.165, 1.54) is 0 Å². The van der Waals surface area contributed by atoms with Crippen LogP contribution in [0.5, 0.6) is 0 Å². The number of hydrogen-bond acceptors (Lipinski definition) is 3. The lowest BCUT2D eigenvalue weighted by atomic mass is 10.0. The molecule has 2 aromatic rings. The Morgan fingerprint density at radius 2 is 2.12 bits per heavy atom. The predicted octanol–water partition coefficient (Wildman–Crippen LogP) is 5.25. The van der Waals surface area contributed by atoms with E-state index in [1.807, 2.05) is 36.6 Å². The molecule has 1 N–H and O–H groups in total. The van der Waals surface area contributed by atoms with Gasteiger partial charge in [-0.25, -0.2) is 0 Å². The molecule has 120 valence electrons. The fraction of sp³-hybridized carbons (Fsp3) is 0.100. The first kappa shape index (κ1) is 16.2. The molecule has 2 heterocycles. The van der Waals surface area contributed by atoms with Crippen molar-refractivity contribution in [2.24, 2.45) is 4.99 Å². The van der Waals surface area contributed by atoms with Crippen molar-refractivity contribution < 1.29 is 5.11 Å². The number of aliphatic imine (C=N–C) groups is 1. The second-order valence-corrected chi connectivity index (χ2v) is 5.91. The van der Waals surface area contributed by atoms with E-state index in [0.717, 1.165) is 40.4 Å². The highest BCUT2D eigenvalue weighted by Gasteiger charge is 2.08. The van der Waals surface area contributed by atoms with Gasteiger partial charge in [-0.3, -0.25) is 9.98 Å². The molecule has 0 bridgehead atoms. The van der Waals surface area contributed by atoms with Crippen LogP contribution in [0.25, 0.3) is 11.5 Å². The quantitative estimate of drug-likeness (QED) is 0.775. The van der Waals surface area contributed by atoms with Crippen LogP contribution in [0.1, 0.15) is 23.2 Å². The van der Waals surface area contributed by atoms with Crippen LogP contribution in [0, 0.1) is 0 Å². The zero-order chi connectivity index (χ0) is 16.9. The van der Waals surface area contributed by atoms with Crippen LogP contribution in [0.15, 0.2) is 71.9 Å². The van der Waals surface area contributed by atoms with Crippen LogP contribution in [-0.2, 0) is 6.42 Å². The van der Waals surface area contributed by atoms with Gasteiger partial charge >= 0.3 is 0 Å². The molecule has 0 radical (unpaired) electrons. The van der Waals surface area contributed by atoms with Crippen molar-refractivity contribution in [3.8, 4) is 0 Å². The second kappa shape index (κ2) is 7.28. The molecule has 1 aliphatic rings. The number of halogens is 1. The summed E-state index contributed by atoms with van der Waals surface area (Å²) >= 11 is 6.17. The summed E-state index contributed by atoms with van der Waals surface area (Å²) in [5, 5.41) is 10.3. The van der Waals surface area contributed by atoms with Crippen molar-refractivity contribution in [3.63, 3.8) is 0 Å². The molecule has 0 aliphatic carbocycles. The summed E-state index contributed by atoms with van der Waals surface area (Å²) in [6.45, 7) is 3.53. The van der Waals surface area contributed by atoms with E-state index in [2.05, 4.69) is 22.6 Å². The minimum atomic E-state index is 0.0272. The van der Waals surface area contributed by atoms with Crippen molar-refractivity contribution >= 4 is 29.3 Å². The molecular weight excluding hydrogens is 320 g/mol. The van der Waals surface area contributed by atoms with E-state index in [0.29, 0.717) is 5.56 Å². The van der Waals surface area contributed by atoms with E-state index >= 15 is 0 Å². The maximum Gasteiger partial charge on any atom is 0.115 e. The third kappa shape index (κ3) is 3.81. The first-order valence-electron chi connectivity index (χ1n) is 7.65. The van der Waals surface area contributed by atoms with Gasteiger partial charge in [0.05, 0.1) is 11.4 Å². The van der Waals surface area contributed by atoms with E-state index in [1.54, 1.807) is 18.3 Å². The number of allylic oxidation sites excluding steroid dienone is 3. The van der Waals surface area contributed by atoms with E-state index in [-0.39, 0.29) is 5.76 Å². The largest absolute Gasteiger partial charge is 0.508 e. The molecule has 1 aromatic carbocycles. The first-order chi connectivity index (χ1) is 11.6. The molecule has 1 aromatic heterocycles. The summed E-state index contributed by atoms with van der Waals surface area (Å²) in [6, 6.07) is 11.3. The number of aliphatic hydroxyl groups excluding tert-OH is 1. The van der Waals surface area contributed by atoms with Gasteiger partial charge < -0.3 is 5.11 Å². The SMILES string of the molecule is C=C(O)c1ccnc(C2=CCC(=CCc3ccccc3Cl)C=N2)c1. The lowest BCUT2D eigenvalue weighted by Gasteiger charge is -2.10. The van der Waals surface area contributed by atoms with Gasteiger partial charge in [-0.2, -0.15) is 0 Å². The lowest BCUT2D eigenvalue weighted by Crippen LogP contribution is -1.97. The molecule has 4 heteroatoms. The van der Waals surface area contributed by atoms with Crippen molar-refractivity contribution in [1.29, 1.82) is 0 Å². The Morgan fingerprint density at radius 1 is 1.29 bits per heavy atom. The van der Waals surface area contributed by atoms with Crippen LogP contribution in [0.3, 0.4) is 0 Å². The number of aromatic nitrogens is 1. The standard InChI is InChI=1S/C20H17ClN2O/c1-14(24)17-10-11-22-20(12-17)19-9-7-15(13-23-19)6-8-16-4-2-3-5-18(16)21/h2-6,9-13,24H,1,7-8H2. The topological polar surface area (TPSA) is 45.5 Å². The number of benzene rings is 1. The third-order valence-electron chi connectivity index (χ3n) is 3.80. The van der Waals surface area contributed by atoms with Crippen molar-refractivity contribution in [3.05, 3.63) is 88.7 Å². The van der Waals surface area contributed by atoms with Gasteiger partial charge in [0.2, 0.25) is 0 Å². The van der Waals surface area contributed by atoms with Gasteiger partial charge in [-0.15, -0.1) is 0 Å². The van der Waals surface area contributed by atoms with Crippen LogP contribution in [-0.4, -0.2) is 16.3 Å². The molecular formula is C20H17ClN2O. The monoisotopic (exact) mass is 336 g/mol. The summed E-state index contributed by atoms with van der Waals surface area (Å²) < 4.78 is 0. The van der Waals surface area contributed by atoms with Gasteiger partial charge in [0, 0.05) is 23.0 Å². The third-order valence-corrected chi connectivity index (χ3v) is 4.17. The fourth-order valence-electron chi connectivity index (χ4n) is 2.43. The highest BCUT2D eigenvalue weighted by Crippen LogP contribution is 2.23. The Bertz CT molecular complexity index is 865. The summed E-state index contributed by atoms with van der Waals surface area (Å²) in [4.78, 5) is 8.78. The maximum absolute atomic E-state index is 9.49. The summed E-state index contributed by atoms with van der Waals surface area (Å²) in [7, 11) is 0. The number of pyridine rings is 1. The smallest absolute Gasteiger partial charge is 0.115 e. The first-order valence-corrected chi connectivity index (χ1v) is 8.02. The summed E-state index contributed by atoms with van der Waals surface area (Å²) in [5.41, 5.74) is 4.42. The van der Waals surface area contributed by atoms with E-state index < -0.39 is 0 Å². The number of rotatable bonds is 4. The Kier molecular flexibility index (Phi) is 4.92. The average Bonchev–Trinajstić information content (AvgIpc) is 2.61. The molecule has 24 heavy (non-hydrogen) atoms. The molecule has 3 rings (SSSR count). The lowest BCUT2D eigenvalue weighted by molar-refractivity contribution is 0.513. The van der Waals surface area contributed by atoms with E-state index in [9.17, 15) is 5.11 Å². The minimum absolute atomic E-state index is 0.0272. The van der Waals surface area contributed by atoms with Gasteiger partial charge in [-0.1, -0.05) is 48.5 Å². The Balaban J connectivity index is 1.72. The highest BCUT2D eigenvalue weighted by molar-refractivity contribution is 6.31. The average molecular weight is 337 g/mol. The van der Waals surface area contributed by atoms with Crippen molar-refractivity contribution in [1.82, 2.24) is 4.98 Å². The zero-order valence-corrected chi connectivity index (χ0v) is 13.9. The molecule has 0 unspecified atom stereocenters. The van der Waals surface area contributed by atoms with Gasteiger partial charge in [0.15, 0.2) is 0 Å². The number of aliphatic hydroxyl groups is 1. The van der Waals surface area contributed by atoms with Gasteiger partial charge in [0.25, 0.3) is 0 Å². The molecule has 0 spiro atoms. The van der Waals surface area contributed by atoms with Gasteiger partial charge in [-0.05, 0) is 42.2 Å². The molecule has 3 nitrogen and oxygen atoms in total. The minimum Gasteiger partial charge on any atom is -0.508 e. The predicted molar refractivity (Wildman–Crippen MR) is 100 cm³/mol. The zero-order valence-electron chi connectivity index (χ0n) is 13.1. The molecule has 0 saturated carbocycles. The summed E-state index contributed by atoms with van der Waals surface area (Å²) in [6.07, 6.45) is 9.24. The van der Waals surface area contributed by atoms with Gasteiger partial charge in [0.1, 0.15) is 5.76 Å². The second-order valence-electron chi connectivity index (χ2n) is 5.50. The molecule has 0 amide bonds. The number of hydrogen-bond donors (Lipinski definition) is 1. The fourth-order valence-corrected chi connectivity index (χ4v) is 2.65. The number of nitrogens with zero attached hydrogens (tertiary/aromatic N) is 2. The molecule has 0 atom stereocenters. The molecule has 0 saturated heterocycles. The Morgan fingerprint density at radius 3 is 2.83 bits per heavy atom. The van der Waals surface area contributed by atoms with Crippen LogP contribution >= 0.6 is 11.6 Å². The van der Waals surface area contributed by atoms with E-state index in [4.69, 9.17) is 11.6 Å². The van der Waals surface area contributed by atoms with Crippen LogP contribution in [0.4, 0.5) is 0 Å². The maximum atomic E-state index is 9.49. The normalized spacial score (nSPS) is 15.4. The van der Waals surface area contributed by atoms with Crippen LogP contribution < -0.4 is 0 Å². The highest BCUT2D eigenvalue weighted by atomic mass is 35.5. The Hall–Kier alpha value is -2.65.